The summed E-state index contributed by atoms with van der Waals surface area (Å²) in [5.74, 6) is -2.91. The van der Waals surface area contributed by atoms with Crippen LogP contribution in [0.25, 0.3) is 0 Å². The van der Waals surface area contributed by atoms with E-state index in [0.717, 1.165) is 6.42 Å². The van der Waals surface area contributed by atoms with Gasteiger partial charge in [0.15, 0.2) is 18.7 Å². The second-order valence-corrected chi connectivity index (χ2v) is 23.4. The number of methoxy groups -OCH3 is 1. The van der Waals surface area contributed by atoms with Crippen molar-refractivity contribution in [1.29, 1.82) is 0 Å². The average Bonchev–Trinajstić information content (AvgIpc) is 3.78. The maximum absolute atomic E-state index is 14.7. The van der Waals surface area contributed by atoms with Crippen molar-refractivity contribution in [3.63, 3.8) is 0 Å². The number of likely N-dealkylation sites (N-methyl/N-ethyl adjacent to an activating group) is 1. The van der Waals surface area contributed by atoms with E-state index in [-0.39, 0.29) is 62.2 Å². The molecule has 0 spiro atoms. The minimum Gasteiger partial charge on any atom is -0.483 e. The molecule has 3 aliphatic rings. The molecular weight excluding hydrogens is 955 g/mol. The molecule has 3 saturated heterocycles. The van der Waals surface area contributed by atoms with E-state index in [1.807, 2.05) is 13.8 Å². The molecule has 5 rings (SSSR count). The van der Waals surface area contributed by atoms with Crippen LogP contribution in [0.5, 0.6) is 5.75 Å². The molecule has 2 aromatic rings. The molecular formula is C51H87N5O15S. The summed E-state index contributed by atoms with van der Waals surface area (Å²) in [6.07, 6.45) is -6.07. The molecule has 0 bridgehead atoms. The summed E-state index contributed by atoms with van der Waals surface area (Å²) in [6.45, 7) is 19.9. The van der Waals surface area contributed by atoms with Gasteiger partial charge in [-0.05, 0) is 111 Å². The van der Waals surface area contributed by atoms with E-state index in [4.69, 9.17) is 33.2 Å². The number of hydrogen-bond donors (Lipinski definition) is 7. The number of aryl methyl sites for hydroxylation is 1. The Morgan fingerprint density at radius 1 is 1.01 bits per heavy atom. The van der Waals surface area contributed by atoms with Gasteiger partial charge in [-0.25, -0.2) is 13.4 Å². The third-order valence-electron chi connectivity index (χ3n) is 15.5. The predicted molar refractivity (Wildman–Crippen MR) is 267 cm³/mol. The first kappa shape index (κ1) is 60.0. The number of cyclic esters (lactones) is 1. The third kappa shape index (κ3) is 13.0. The number of imidazole rings is 1. The van der Waals surface area contributed by atoms with Crippen LogP contribution in [0.1, 0.15) is 114 Å². The molecule has 1 unspecified atom stereocenters. The molecule has 0 saturated carbocycles. The normalized spacial score (nSPS) is 40.0. The first-order valence-corrected chi connectivity index (χ1v) is 27.0. The topological polar surface area (TPSA) is 262 Å². The molecule has 7 N–H and O–H groups in total. The molecule has 20 nitrogen and oxygen atoms in total. The molecule has 72 heavy (non-hydrogen) atoms. The van der Waals surface area contributed by atoms with E-state index < -0.39 is 118 Å². The summed E-state index contributed by atoms with van der Waals surface area (Å²) in [4.78, 5) is 18.9. The molecule has 1 aromatic heterocycles. The fourth-order valence-corrected chi connectivity index (χ4v) is 12.4. The predicted octanol–water partition coefficient (Wildman–Crippen LogP) is 3.00. The van der Waals surface area contributed by atoms with Gasteiger partial charge in [0.2, 0.25) is 5.16 Å². The number of aliphatic hydroxyl groups excluding tert-OH is 2. The number of rotatable bonds is 16. The monoisotopic (exact) mass is 1040 g/mol. The summed E-state index contributed by atoms with van der Waals surface area (Å²) >= 11 is 0. The number of benzene rings is 1. The Bertz CT molecular complexity index is 2170. The van der Waals surface area contributed by atoms with E-state index in [2.05, 4.69) is 15.6 Å². The number of aliphatic hydroxyl groups is 5. The summed E-state index contributed by atoms with van der Waals surface area (Å²) in [5, 5.41) is 65.3. The lowest BCUT2D eigenvalue weighted by atomic mass is 9.75. The van der Waals surface area contributed by atoms with Crippen molar-refractivity contribution < 1.29 is 71.9 Å². The lowest BCUT2D eigenvalue weighted by Crippen LogP contribution is -2.70. The van der Waals surface area contributed by atoms with E-state index in [0.29, 0.717) is 12.1 Å². The largest absolute Gasteiger partial charge is 0.483 e. The Hall–Kier alpha value is -2.87. The molecule has 1 aromatic carbocycles. The SMILES string of the molecule is CCCNC[C@@]1(O)[C@@H](C)OC(O[C@H]2[C@H](C)[C@@H](O[C@@H]3O[C@H](C)C[C@H](N(C)S(=O)(=O)c4nccn4C)[C@H]3Oc3cccc(CO)c3)[C@](C)(O)C[C@@H](C)CN[C@H](C)[C@@H](O)[C@](C)(O)[C@@H](CC)OC(=O)[C@@H]2C)C[C@]1(C)OC. The highest BCUT2D eigenvalue weighted by Gasteiger charge is 2.59. The number of carbonyl (C=O) groups is 1. The van der Waals surface area contributed by atoms with Gasteiger partial charge in [-0.2, -0.15) is 4.31 Å². The smallest absolute Gasteiger partial charge is 0.311 e. The number of hydrogen-bond acceptors (Lipinski definition) is 18. The van der Waals surface area contributed by atoms with Gasteiger partial charge < -0.3 is 73.9 Å². The molecule has 0 radical (unpaired) electrons. The molecule has 21 heteroatoms. The summed E-state index contributed by atoms with van der Waals surface area (Å²) in [6, 6.07) is 5.08. The number of sulfonamides is 1. The van der Waals surface area contributed by atoms with Crippen LogP contribution in [-0.2, 0) is 56.9 Å². The number of carbonyl (C=O) groups excluding carboxylic acids is 1. The average molecular weight is 1040 g/mol. The fourth-order valence-electron chi connectivity index (χ4n) is 11.0. The number of nitrogens with zero attached hydrogens (tertiary/aromatic N) is 3. The van der Waals surface area contributed by atoms with Gasteiger partial charge in [-0.3, -0.25) is 4.79 Å². The van der Waals surface area contributed by atoms with Gasteiger partial charge >= 0.3 is 5.97 Å². The van der Waals surface area contributed by atoms with Crippen LogP contribution in [0.15, 0.2) is 41.8 Å². The number of esters is 1. The van der Waals surface area contributed by atoms with Crippen molar-refractivity contribution in [3.05, 3.63) is 42.2 Å². The molecule has 0 amide bonds. The Morgan fingerprint density at radius 2 is 1.71 bits per heavy atom. The van der Waals surface area contributed by atoms with Crippen LogP contribution in [0, 0.1) is 17.8 Å². The fraction of sp³-hybridized carbons (Fsp3) is 0.804. The minimum absolute atomic E-state index is 0.00862. The Kier molecular flexibility index (Phi) is 20.3. The zero-order chi connectivity index (χ0) is 53.7. The quantitative estimate of drug-likeness (QED) is 0.0942. The number of nitrogens with one attached hydrogen (secondary N) is 2. The molecule has 3 fully saturated rings. The van der Waals surface area contributed by atoms with Crippen molar-refractivity contribution in [2.24, 2.45) is 24.8 Å². The Labute approximate surface area is 427 Å². The summed E-state index contributed by atoms with van der Waals surface area (Å²) in [7, 11) is 0.260. The molecule has 412 valence electrons. The van der Waals surface area contributed by atoms with E-state index in [9.17, 15) is 38.7 Å². The van der Waals surface area contributed by atoms with E-state index in [1.165, 1.54) is 42.3 Å². The Balaban J connectivity index is 1.67. The standard InChI is InChI=1S/C51H87N5O15S/c1-15-20-52-29-51(62)35(8)67-40(26-49(51,10)65-14)70-41-32(5)44(48(9,60)25-30(3)27-54-34(7)43(58)50(11,61)39(16-2)69-45(59)33(41)6)71-46-42(68-37-19-17-18-36(24-37)28-57)38(23-31(4)66-46)56(13)72(63,64)47-53-21-22-55(47)12/h17-19,21-22,24,30-35,38-44,46,52,54,57-58,60-62H,15-16,20,23,25-29H2,1-14H3/t30-,31-,32+,33-,34-,35-,38+,39-,40?,41+,42-,43-,44-,46+,48-,49+,50-,51-/m1/s1. The van der Waals surface area contributed by atoms with Crippen LogP contribution in [0.2, 0.25) is 0 Å². The Morgan fingerprint density at radius 3 is 2.32 bits per heavy atom. The van der Waals surface area contributed by atoms with Crippen molar-refractivity contribution in [2.45, 2.75) is 210 Å². The molecule has 3 aliphatic heterocycles. The maximum Gasteiger partial charge on any atom is 0.311 e. The highest BCUT2D eigenvalue weighted by Crippen LogP contribution is 2.44. The first-order valence-electron chi connectivity index (χ1n) is 25.6. The van der Waals surface area contributed by atoms with Crippen LogP contribution in [-0.4, -0.2) is 177 Å². The second kappa shape index (κ2) is 24.4. The highest BCUT2D eigenvalue weighted by atomic mass is 32.2. The van der Waals surface area contributed by atoms with Gasteiger partial charge in [0, 0.05) is 58.5 Å². The van der Waals surface area contributed by atoms with E-state index >= 15 is 0 Å². The van der Waals surface area contributed by atoms with Gasteiger partial charge in [0.25, 0.3) is 10.0 Å². The van der Waals surface area contributed by atoms with Gasteiger partial charge in [0.05, 0.1) is 48.6 Å². The van der Waals surface area contributed by atoms with Gasteiger partial charge in [-0.1, -0.05) is 39.8 Å². The van der Waals surface area contributed by atoms with Crippen LogP contribution in [0.3, 0.4) is 0 Å². The van der Waals surface area contributed by atoms with Crippen LogP contribution >= 0.6 is 0 Å². The van der Waals surface area contributed by atoms with Gasteiger partial charge in [0.1, 0.15) is 34.8 Å². The lowest BCUT2D eigenvalue weighted by Gasteiger charge is -2.53. The molecule has 18 atom stereocenters. The molecule has 0 aliphatic carbocycles. The van der Waals surface area contributed by atoms with Crippen LogP contribution < -0.4 is 15.4 Å². The number of aromatic nitrogens is 2. The summed E-state index contributed by atoms with van der Waals surface area (Å²) in [5.41, 5.74) is -5.88. The van der Waals surface area contributed by atoms with Gasteiger partial charge in [-0.15, -0.1) is 0 Å². The number of ether oxygens (including phenoxy) is 7. The van der Waals surface area contributed by atoms with Crippen molar-refractivity contribution in [3.8, 4) is 5.75 Å². The van der Waals surface area contributed by atoms with Crippen LogP contribution in [0.4, 0.5) is 0 Å². The summed E-state index contributed by atoms with van der Waals surface area (Å²) < 4.78 is 77.7. The zero-order valence-corrected chi connectivity index (χ0v) is 45.8. The highest BCUT2D eigenvalue weighted by molar-refractivity contribution is 7.89. The lowest BCUT2D eigenvalue weighted by molar-refractivity contribution is -0.335. The second-order valence-electron chi connectivity index (χ2n) is 21.5. The van der Waals surface area contributed by atoms with Crippen molar-refractivity contribution in [2.75, 3.05) is 33.8 Å². The minimum atomic E-state index is -4.27. The zero-order valence-electron chi connectivity index (χ0n) is 45.0. The molecule has 4 heterocycles. The van der Waals surface area contributed by atoms with E-state index in [1.54, 1.807) is 86.7 Å². The first-order chi connectivity index (χ1) is 33.6. The third-order valence-corrected chi connectivity index (χ3v) is 17.4. The van der Waals surface area contributed by atoms with Crippen molar-refractivity contribution in [1.82, 2.24) is 24.5 Å². The maximum atomic E-state index is 14.7. The van der Waals surface area contributed by atoms with Crippen molar-refractivity contribution >= 4 is 16.0 Å².